The Morgan fingerprint density at radius 2 is 1.34 bits per heavy atom. The molecule has 0 fully saturated rings. The Morgan fingerprint density at radius 1 is 0.711 bits per heavy atom. The zero-order chi connectivity index (χ0) is 27.7. The summed E-state index contributed by atoms with van der Waals surface area (Å²) in [6.07, 6.45) is 7.42. The van der Waals surface area contributed by atoms with Crippen LogP contribution in [0, 0.1) is 0 Å². The molecule has 0 aliphatic carbocycles. The highest BCUT2D eigenvalue weighted by molar-refractivity contribution is 6.04. The van der Waals surface area contributed by atoms with E-state index in [0.29, 0.717) is 46.5 Å². The zero-order valence-corrected chi connectivity index (χ0v) is 22.4. The van der Waals surface area contributed by atoms with Crippen LogP contribution in [0.1, 0.15) is 27.0 Å². The molecule has 0 bridgehead atoms. The molecule has 0 saturated heterocycles. The maximum Gasteiger partial charge on any atom is 0.203 e. The van der Waals surface area contributed by atoms with Gasteiger partial charge in [0.1, 0.15) is 0 Å². The maximum absolute atomic E-state index is 12.8. The van der Waals surface area contributed by atoms with E-state index in [0.717, 1.165) is 16.7 Å². The number of ketones is 1. The number of hydrogen-bond donors (Lipinski definition) is 1. The molecule has 8 heteroatoms. The van der Waals surface area contributed by atoms with Gasteiger partial charge in [-0.15, -0.1) is 0 Å². The zero-order valence-electron chi connectivity index (χ0n) is 22.4. The number of phenols is 1. The number of ether oxygens (including phenoxy) is 6. The average molecular weight is 521 g/mol. The van der Waals surface area contributed by atoms with E-state index >= 15 is 0 Å². The highest BCUT2D eigenvalue weighted by atomic mass is 16.5. The molecule has 0 aliphatic rings. The highest BCUT2D eigenvalue weighted by Crippen LogP contribution is 2.39. The van der Waals surface area contributed by atoms with Gasteiger partial charge in [0.05, 0.1) is 42.7 Å². The molecule has 0 heterocycles. The minimum absolute atomic E-state index is 0.00572. The van der Waals surface area contributed by atoms with Gasteiger partial charge in [0, 0.05) is 5.56 Å². The predicted molar refractivity (Wildman–Crippen MR) is 146 cm³/mol. The summed E-state index contributed by atoms with van der Waals surface area (Å²) in [6, 6.07) is 12.0. The number of allylic oxidation sites excluding steroid dienone is 2. The molecule has 8 nitrogen and oxygen atoms in total. The van der Waals surface area contributed by atoms with Crippen LogP contribution in [0.3, 0.4) is 0 Å². The summed E-state index contributed by atoms with van der Waals surface area (Å²) in [5.74, 6) is 2.75. The molecule has 0 atom stereocenters. The smallest absolute Gasteiger partial charge is 0.203 e. The molecule has 38 heavy (non-hydrogen) atoms. The van der Waals surface area contributed by atoms with Crippen LogP contribution >= 0.6 is 0 Å². The Bertz CT molecular complexity index is 1320. The fourth-order valence-corrected chi connectivity index (χ4v) is 3.88. The van der Waals surface area contributed by atoms with E-state index in [-0.39, 0.29) is 11.5 Å². The summed E-state index contributed by atoms with van der Waals surface area (Å²) in [4.78, 5) is 12.8. The Balaban J connectivity index is 1.89. The number of methoxy groups -OCH3 is 6. The molecule has 0 radical (unpaired) electrons. The normalized spacial score (nSPS) is 11.0. The lowest BCUT2D eigenvalue weighted by Gasteiger charge is -2.13. The van der Waals surface area contributed by atoms with Gasteiger partial charge in [0.2, 0.25) is 5.75 Å². The molecule has 3 aromatic rings. The van der Waals surface area contributed by atoms with E-state index in [1.54, 1.807) is 64.8 Å². The average Bonchev–Trinajstić information content (AvgIpc) is 2.95. The third-order valence-corrected chi connectivity index (χ3v) is 5.86. The van der Waals surface area contributed by atoms with Crippen molar-refractivity contribution in [2.24, 2.45) is 0 Å². The lowest BCUT2D eigenvalue weighted by Crippen LogP contribution is -1.98. The van der Waals surface area contributed by atoms with Crippen LogP contribution in [0.5, 0.6) is 40.2 Å². The third-order valence-electron chi connectivity index (χ3n) is 5.86. The number of benzene rings is 3. The summed E-state index contributed by atoms with van der Waals surface area (Å²) < 4.78 is 32.1. The number of carbonyl (C=O) groups is 1. The number of hydrogen-bond acceptors (Lipinski definition) is 8. The van der Waals surface area contributed by atoms with E-state index in [2.05, 4.69) is 0 Å². The lowest BCUT2D eigenvalue weighted by molar-refractivity contribution is 0.104. The van der Waals surface area contributed by atoms with Gasteiger partial charge in [-0.3, -0.25) is 4.79 Å². The SMILES string of the molecule is COc1cc(C/C=C\C(=O)c2ccc(OC)c(OC)c2)c(/C=C\c2cc(OC)c(OC)c(OC)c2)cc1O. The fourth-order valence-electron chi connectivity index (χ4n) is 3.88. The second-order valence-electron chi connectivity index (χ2n) is 8.06. The summed E-state index contributed by atoms with van der Waals surface area (Å²) in [5, 5.41) is 10.4. The molecule has 0 amide bonds. The number of phenolic OH excluding ortho intramolecular Hbond substituents is 1. The molecule has 200 valence electrons. The van der Waals surface area contributed by atoms with Crippen molar-refractivity contribution < 1.29 is 38.3 Å². The first-order chi connectivity index (χ1) is 18.4. The summed E-state index contributed by atoms with van der Waals surface area (Å²) in [7, 11) is 9.21. The number of carbonyl (C=O) groups excluding carboxylic acids is 1. The molecule has 3 rings (SSSR count). The summed E-state index contributed by atoms with van der Waals surface area (Å²) in [6.45, 7) is 0. The van der Waals surface area contributed by atoms with Crippen molar-refractivity contribution in [1.29, 1.82) is 0 Å². The van der Waals surface area contributed by atoms with Gasteiger partial charge in [-0.2, -0.15) is 0 Å². The third kappa shape index (κ3) is 6.39. The largest absolute Gasteiger partial charge is 0.504 e. The Labute approximate surface area is 222 Å². The highest BCUT2D eigenvalue weighted by Gasteiger charge is 2.13. The molecule has 1 N–H and O–H groups in total. The molecular formula is C30H32O8. The van der Waals surface area contributed by atoms with E-state index in [9.17, 15) is 9.90 Å². The molecule has 3 aromatic carbocycles. The molecule has 0 spiro atoms. The molecule has 0 aliphatic heterocycles. The topological polar surface area (TPSA) is 92.7 Å². The first-order valence-electron chi connectivity index (χ1n) is 11.7. The first-order valence-corrected chi connectivity index (χ1v) is 11.7. The molecule has 0 saturated carbocycles. The van der Waals surface area contributed by atoms with Crippen LogP contribution in [-0.2, 0) is 6.42 Å². The number of rotatable bonds is 12. The van der Waals surface area contributed by atoms with Gasteiger partial charge in [-0.25, -0.2) is 0 Å². The molecule has 0 unspecified atom stereocenters. The van der Waals surface area contributed by atoms with Crippen LogP contribution in [0.2, 0.25) is 0 Å². The minimum Gasteiger partial charge on any atom is -0.504 e. The Hall–Kier alpha value is -4.59. The van der Waals surface area contributed by atoms with E-state index in [1.807, 2.05) is 24.3 Å². The van der Waals surface area contributed by atoms with Gasteiger partial charge in [0.15, 0.2) is 40.3 Å². The first kappa shape index (κ1) is 28.0. The van der Waals surface area contributed by atoms with Crippen molar-refractivity contribution in [2.45, 2.75) is 6.42 Å². The van der Waals surface area contributed by atoms with E-state index in [4.69, 9.17) is 28.4 Å². The number of aromatic hydroxyl groups is 1. The van der Waals surface area contributed by atoms with Crippen LogP contribution in [-0.4, -0.2) is 53.5 Å². The van der Waals surface area contributed by atoms with Gasteiger partial charge in [-0.1, -0.05) is 18.2 Å². The van der Waals surface area contributed by atoms with Crippen LogP contribution in [0.4, 0.5) is 0 Å². The van der Waals surface area contributed by atoms with Crippen LogP contribution in [0.15, 0.2) is 54.6 Å². The van der Waals surface area contributed by atoms with E-state index in [1.165, 1.54) is 20.3 Å². The summed E-state index contributed by atoms with van der Waals surface area (Å²) >= 11 is 0. The van der Waals surface area contributed by atoms with Crippen LogP contribution < -0.4 is 28.4 Å². The standard InChI is InChI=1S/C30H32O8/c1-33-25-13-12-22(18-27(25)35-3)23(31)9-7-8-20-17-26(34-2)24(32)16-21(20)11-10-19-14-28(36-4)30(38-6)29(15-19)37-5/h7,9-18,32H,8H2,1-6H3/b9-7-,11-10-. The lowest BCUT2D eigenvalue weighted by atomic mass is 10.0. The van der Waals surface area contributed by atoms with Crippen molar-refractivity contribution in [1.82, 2.24) is 0 Å². The van der Waals surface area contributed by atoms with Crippen molar-refractivity contribution in [3.63, 3.8) is 0 Å². The van der Waals surface area contributed by atoms with E-state index < -0.39 is 0 Å². The second-order valence-corrected chi connectivity index (χ2v) is 8.06. The Morgan fingerprint density at radius 3 is 1.92 bits per heavy atom. The van der Waals surface area contributed by atoms with Gasteiger partial charge in [-0.05, 0) is 71.7 Å². The maximum atomic E-state index is 12.8. The van der Waals surface area contributed by atoms with Crippen molar-refractivity contribution in [3.05, 3.63) is 76.9 Å². The predicted octanol–water partition coefficient (Wildman–Crippen LogP) is 5.60. The van der Waals surface area contributed by atoms with Gasteiger partial charge in [0.25, 0.3) is 0 Å². The molecule has 0 aromatic heterocycles. The summed E-state index contributed by atoms with van der Waals surface area (Å²) in [5.41, 5.74) is 2.88. The second kappa shape index (κ2) is 13.1. The minimum atomic E-state index is -0.175. The van der Waals surface area contributed by atoms with Crippen molar-refractivity contribution in [2.75, 3.05) is 42.7 Å². The molecular weight excluding hydrogens is 488 g/mol. The Kier molecular flexibility index (Phi) is 9.65. The van der Waals surface area contributed by atoms with Gasteiger partial charge >= 0.3 is 0 Å². The van der Waals surface area contributed by atoms with Gasteiger partial charge < -0.3 is 33.5 Å². The quantitative estimate of drug-likeness (QED) is 0.188. The van der Waals surface area contributed by atoms with Crippen molar-refractivity contribution >= 4 is 17.9 Å². The fraction of sp³-hybridized carbons (Fsp3) is 0.233. The van der Waals surface area contributed by atoms with Crippen LogP contribution in [0.25, 0.3) is 12.2 Å². The monoisotopic (exact) mass is 520 g/mol. The van der Waals surface area contributed by atoms with Crippen molar-refractivity contribution in [3.8, 4) is 40.2 Å².